The molecule has 23 heavy (non-hydrogen) atoms. The van der Waals surface area contributed by atoms with Gasteiger partial charge in [0, 0.05) is 25.0 Å². The van der Waals surface area contributed by atoms with Gasteiger partial charge in [-0.3, -0.25) is 4.79 Å². The highest BCUT2D eigenvalue weighted by atomic mass is 32.2. The lowest BCUT2D eigenvalue weighted by molar-refractivity contribution is -0.113. The predicted octanol–water partition coefficient (Wildman–Crippen LogP) is 2.76. The lowest BCUT2D eigenvalue weighted by Crippen LogP contribution is -2.22. The van der Waals surface area contributed by atoms with E-state index < -0.39 is 0 Å². The van der Waals surface area contributed by atoms with Crippen LogP contribution in [0.4, 0.5) is 5.69 Å². The number of carbonyl (C=O) groups is 1. The van der Waals surface area contributed by atoms with Crippen molar-refractivity contribution in [3.63, 3.8) is 0 Å². The maximum absolute atomic E-state index is 11.2. The Hall–Kier alpha value is -1.66. The Labute approximate surface area is 143 Å². The Morgan fingerprint density at radius 1 is 1.30 bits per heavy atom. The van der Waals surface area contributed by atoms with Crippen molar-refractivity contribution in [2.45, 2.75) is 20.8 Å². The van der Waals surface area contributed by atoms with Crippen molar-refractivity contribution in [1.29, 1.82) is 0 Å². The standard InChI is InChI=1S/C9H17NO2S.C8H11NO/c1-7(10(3)5-6-11)9(13-4)8(2)12;1-2-10-8-5-3-7(9)4-6-8/h11H,5-6H2,1-4H3;3-6H,2,9H2,1H3/b9-7-;. The molecule has 1 rings (SSSR count). The average Bonchev–Trinajstić information content (AvgIpc) is 2.51. The zero-order valence-corrected chi connectivity index (χ0v) is 15.4. The zero-order valence-electron chi connectivity index (χ0n) is 14.6. The van der Waals surface area contributed by atoms with Crippen LogP contribution in [0.3, 0.4) is 0 Å². The summed E-state index contributed by atoms with van der Waals surface area (Å²) >= 11 is 1.45. The van der Waals surface area contributed by atoms with Crippen molar-refractivity contribution in [3.8, 4) is 5.75 Å². The van der Waals surface area contributed by atoms with Crippen LogP contribution in [-0.4, -0.2) is 48.9 Å². The van der Waals surface area contributed by atoms with Gasteiger partial charge in [0.1, 0.15) is 5.75 Å². The minimum absolute atomic E-state index is 0.0785. The van der Waals surface area contributed by atoms with Crippen LogP contribution in [0, 0.1) is 0 Å². The molecular formula is C17H28N2O3S. The first-order chi connectivity index (χ1) is 10.9. The normalized spacial score (nSPS) is 11.0. The summed E-state index contributed by atoms with van der Waals surface area (Å²) in [6.45, 7) is 6.77. The number of thioether (sulfide) groups is 1. The molecule has 0 aliphatic heterocycles. The minimum atomic E-state index is 0.0785. The van der Waals surface area contributed by atoms with E-state index >= 15 is 0 Å². The number of ether oxygens (including phenoxy) is 1. The van der Waals surface area contributed by atoms with Gasteiger partial charge in [-0.1, -0.05) is 0 Å². The van der Waals surface area contributed by atoms with Crippen molar-refractivity contribution in [2.75, 3.05) is 38.8 Å². The average molecular weight is 340 g/mol. The number of anilines is 1. The Morgan fingerprint density at radius 2 is 1.87 bits per heavy atom. The smallest absolute Gasteiger partial charge is 0.167 e. The Kier molecular flexibility index (Phi) is 11.0. The molecule has 0 saturated heterocycles. The molecule has 1 aromatic carbocycles. The third-order valence-corrected chi connectivity index (χ3v) is 4.04. The molecule has 0 unspecified atom stereocenters. The number of nitrogens with two attached hydrogens (primary N) is 1. The first-order valence-corrected chi connectivity index (χ1v) is 8.65. The van der Waals surface area contributed by atoms with Crippen LogP contribution in [0.15, 0.2) is 34.9 Å². The Balaban J connectivity index is 0.000000433. The highest BCUT2D eigenvalue weighted by molar-refractivity contribution is 8.03. The number of carbonyl (C=O) groups excluding carboxylic acids is 1. The van der Waals surface area contributed by atoms with Crippen LogP contribution >= 0.6 is 11.8 Å². The lowest BCUT2D eigenvalue weighted by Gasteiger charge is -2.20. The number of aliphatic hydroxyl groups is 1. The molecule has 5 nitrogen and oxygen atoms in total. The second kappa shape index (κ2) is 11.8. The lowest BCUT2D eigenvalue weighted by atomic mass is 10.3. The monoisotopic (exact) mass is 340 g/mol. The number of nitrogen functional groups attached to an aromatic ring is 1. The number of likely N-dealkylation sites (N-methyl/N-ethyl adjacent to an activating group) is 1. The van der Waals surface area contributed by atoms with Crippen molar-refractivity contribution in [3.05, 3.63) is 34.9 Å². The SMILES string of the molecule is CCOc1ccc(N)cc1.CS/C(C(C)=O)=C(/C)N(C)CCO. The number of nitrogens with zero attached hydrogens (tertiary/aromatic N) is 1. The molecule has 0 spiro atoms. The van der Waals surface area contributed by atoms with Crippen LogP contribution < -0.4 is 10.5 Å². The van der Waals surface area contributed by atoms with E-state index in [-0.39, 0.29) is 12.4 Å². The summed E-state index contributed by atoms with van der Waals surface area (Å²) in [7, 11) is 1.87. The summed E-state index contributed by atoms with van der Waals surface area (Å²) in [6, 6.07) is 7.37. The van der Waals surface area contributed by atoms with Crippen molar-refractivity contribution in [1.82, 2.24) is 4.90 Å². The third-order valence-electron chi connectivity index (χ3n) is 3.05. The van der Waals surface area contributed by atoms with E-state index in [0.29, 0.717) is 13.2 Å². The quantitative estimate of drug-likeness (QED) is 0.587. The molecule has 0 aliphatic rings. The van der Waals surface area contributed by atoms with Crippen LogP contribution in [-0.2, 0) is 4.79 Å². The molecule has 1 aromatic rings. The van der Waals surface area contributed by atoms with Gasteiger partial charge in [-0.15, -0.1) is 11.8 Å². The molecule has 0 amide bonds. The number of hydrogen-bond acceptors (Lipinski definition) is 6. The van der Waals surface area contributed by atoms with E-state index in [1.54, 1.807) is 6.92 Å². The molecule has 130 valence electrons. The van der Waals surface area contributed by atoms with E-state index in [4.69, 9.17) is 15.6 Å². The summed E-state index contributed by atoms with van der Waals surface area (Å²) in [5.74, 6) is 0.950. The van der Waals surface area contributed by atoms with Gasteiger partial charge < -0.3 is 20.5 Å². The molecular weight excluding hydrogens is 312 g/mol. The highest BCUT2D eigenvalue weighted by Gasteiger charge is 2.09. The Morgan fingerprint density at radius 3 is 2.26 bits per heavy atom. The molecule has 3 N–H and O–H groups in total. The van der Waals surface area contributed by atoms with E-state index in [0.717, 1.165) is 22.0 Å². The molecule has 0 fully saturated rings. The van der Waals surface area contributed by atoms with Gasteiger partial charge in [0.25, 0.3) is 0 Å². The number of benzene rings is 1. The van der Waals surface area contributed by atoms with Gasteiger partial charge in [0.2, 0.25) is 0 Å². The fourth-order valence-corrected chi connectivity index (χ4v) is 2.51. The van der Waals surface area contributed by atoms with E-state index in [2.05, 4.69) is 0 Å². The van der Waals surface area contributed by atoms with Crippen LogP contribution in [0.2, 0.25) is 0 Å². The minimum Gasteiger partial charge on any atom is -0.494 e. The molecule has 0 saturated carbocycles. The predicted molar refractivity (Wildman–Crippen MR) is 98.6 cm³/mol. The van der Waals surface area contributed by atoms with E-state index in [9.17, 15) is 4.79 Å². The first-order valence-electron chi connectivity index (χ1n) is 7.43. The fraction of sp³-hybridized carbons (Fsp3) is 0.471. The van der Waals surface area contributed by atoms with Gasteiger partial charge in [-0.2, -0.15) is 0 Å². The number of aliphatic hydroxyl groups excluding tert-OH is 1. The summed E-state index contributed by atoms with van der Waals surface area (Å²) in [5.41, 5.74) is 7.16. The van der Waals surface area contributed by atoms with E-state index in [1.165, 1.54) is 11.8 Å². The van der Waals surface area contributed by atoms with Gasteiger partial charge in [0.05, 0.1) is 18.1 Å². The Bertz CT molecular complexity index is 501. The summed E-state index contributed by atoms with van der Waals surface area (Å²) in [5, 5.41) is 8.72. The summed E-state index contributed by atoms with van der Waals surface area (Å²) < 4.78 is 5.21. The second-order valence-electron chi connectivity index (χ2n) is 4.82. The molecule has 6 heteroatoms. The van der Waals surface area contributed by atoms with Crippen molar-refractivity contribution in [2.24, 2.45) is 0 Å². The van der Waals surface area contributed by atoms with Gasteiger partial charge >= 0.3 is 0 Å². The molecule has 0 radical (unpaired) electrons. The summed E-state index contributed by atoms with van der Waals surface area (Å²) in [6.07, 6.45) is 1.88. The zero-order chi connectivity index (χ0) is 17.8. The van der Waals surface area contributed by atoms with Crippen LogP contribution in [0.1, 0.15) is 20.8 Å². The number of hydrogen-bond donors (Lipinski definition) is 2. The topological polar surface area (TPSA) is 75.8 Å². The molecule has 0 aromatic heterocycles. The van der Waals surface area contributed by atoms with Crippen LogP contribution in [0.5, 0.6) is 5.75 Å². The molecule has 0 aliphatic carbocycles. The maximum Gasteiger partial charge on any atom is 0.167 e. The number of allylic oxidation sites excluding steroid dienone is 2. The molecule has 0 heterocycles. The largest absolute Gasteiger partial charge is 0.494 e. The summed E-state index contributed by atoms with van der Waals surface area (Å²) in [4.78, 5) is 13.8. The number of rotatable bonds is 7. The fourth-order valence-electron chi connectivity index (χ4n) is 1.77. The van der Waals surface area contributed by atoms with Gasteiger partial charge in [-0.05, 0) is 51.3 Å². The number of Topliss-reactive ketones (excluding diaryl/α,β-unsaturated/α-hetero) is 1. The third kappa shape index (κ3) is 8.52. The number of ketones is 1. The maximum atomic E-state index is 11.2. The van der Waals surface area contributed by atoms with E-state index in [1.807, 2.05) is 56.3 Å². The van der Waals surface area contributed by atoms with Gasteiger partial charge in [-0.25, -0.2) is 0 Å². The first kappa shape index (κ1) is 21.3. The highest BCUT2D eigenvalue weighted by Crippen LogP contribution is 2.19. The molecule has 0 atom stereocenters. The van der Waals surface area contributed by atoms with Crippen molar-refractivity contribution >= 4 is 23.2 Å². The van der Waals surface area contributed by atoms with Crippen LogP contribution in [0.25, 0.3) is 0 Å². The van der Waals surface area contributed by atoms with Crippen molar-refractivity contribution < 1.29 is 14.6 Å². The second-order valence-corrected chi connectivity index (χ2v) is 5.64. The van der Waals surface area contributed by atoms with Gasteiger partial charge in [0.15, 0.2) is 5.78 Å². The molecule has 0 bridgehead atoms.